The van der Waals surface area contributed by atoms with E-state index in [-0.39, 0.29) is 0 Å². The Morgan fingerprint density at radius 3 is 2.44 bits per heavy atom. The minimum absolute atomic E-state index is 0.487. The molecule has 16 heavy (non-hydrogen) atoms. The fraction of sp³-hybridized carbons (Fsp3) is 0.538. The van der Waals surface area contributed by atoms with Gasteiger partial charge in [0.05, 0.1) is 0 Å². The Morgan fingerprint density at radius 1 is 1.31 bits per heavy atom. The molecule has 0 spiro atoms. The van der Waals surface area contributed by atoms with Crippen LogP contribution in [0.25, 0.3) is 0 Å². The Bertz CT molecular complexity index is 299. The van der Waals surface area contributed by atoms with E-state index in [2.05, 4.69) is 47.1 Å². The van der Waals surface area contributed by atoms with Gasteiger partial charge in [0.2, 0.25) is 0 Å². The molecule has 0 fully saturated rings. The molecule has 0 aromatic heterocycles. The van der Waals surface area contributed by atoms with Gasteiger partial charge < -0.3 is 10.5 Å². The summed E-state index contributed by atoms with van der Waals surface area (Å²) in [6.07, 6.45) is 1.02. The van der Waals surface area contributed by atoms with Crippen molar-refractivity contribution in [2.24, 2.45) is 17.6 Å². The first-order valence-corrected chi connectivity index (χ1v) is 6.40. The molecule has 0 saturated carbocycles. The molecule has 0 heterocycles. The third kappa shape index (κ3) is 4.24. The first-order chi connectivity index (χ1) is 7.67. The van der Waals surface area contributed by atoms with Crippen molar-refractivity contribution in [1.29, 1.82) is 0 Å². The number of ether oxygens (including phenoxy) is 1. The molecule has 1 rings (SSSR count). The maximum atomic E-state index is 5.82. The number of methoxy groups -OCH3 is 1. The topological polar surface area (TPSA) is 35.2 Å². The van der Waals surface area contributed by atoms with Crippen LogP contribution in [0.2, 0.25) is 0 Å². The van der Waals surface area contributed by atoms with Gasteiger partial charge in [-0.2, -0.15) is 0 Å². The average molecular weight is 286 g/mol. The van der Waals surface area contributed by atoms with E-state index in [1.807, 2.05) is 0 Å². The van der Waals surface area contributed by atoms with Crippen LogP contribution in [0.4, 0.5) is 0 Å². The van der Waals surface area contributed by atoms with Crippen LogP contribution in [0.5, 0.6) is 0 Å². The first-order valence-electron chi connectivity index (χ1n) is 5.60. The summed E-state index contributed by atoms with van der Waals surface area (Å²) >= 11 is 3.44. The molecule has 0 aliphatic heterocycles. The zero-order chi connectivity index (χ0) is 12.0. The maximum Gasteiger partial charge on any atom is 0.0491 e. The summed E-state index contributed by atoms with van der Waals surface area (Å²) in [4.78, 5) is 0. The SMILES string of the molecule is COCC(C)C(CN)Cc1ccc(Br)cc1. The maximum absolute atomic E-state index is 5.82. The molecule has 0 aliphatic carbocycles. The smallest absolute Gasteiger partial charge is 0.0491 e. The predicted molar refractivity (Wildman–Crippen MR) is 71.4 cm³/mol. The van der Waals surface area contributed by atoms with Crippen LogP contribution in [0.15, 0.2) is 28.7 Å². The van der Waals surface area contributed by atoms with E-state index < -0.39 is 0 Å². The van der Waals surface area contributed by atoms with Gasteiger partial charge in [0.25, 0.3) is 0 Å². The van der Waals surface area contributed by atoms with E-state index in [1.54, 1.807) is 7.11 Å². The van der Waals surface area contributed by atoms with Gasteiger partial charge >= 0.3 is 0 Å². The highest BCUT2D eigenvalue weighted by atomic mass is 79.9. The van der Waals surface area contributed by atoms with Gasteiger partial charge in [0.1, 0.15) is 0 Å². The molecule has 1 aromatic rings. The summed E-state index contributed by atoms with van der Waals surface area (Å²) in [5, 5.41) is 0. The van der Waals surface area contributed by atoms with Crippen molar-refractivity contribution >= 4 is 15.9 Å². The highest BCUT2D eigenvalue weighted by Crippen LogP contribution is 2.18. The molecule has 1 aromatic carbocycles. The lowest BCUT2D eigenvalue weighted by molar-refractivity contribution is 0.131. The number of hydrogen-bond acceptors (Lipinski definition) is 2. The highest BCUT2D eigenvalue weighted by Gasteiger charge is 2.16. The van der Waals surface area contributed by atoms with E-state index >= 15 is 0 Å². The third-order valence-corrected chi connectivity index (χ3v) is 3.48. The van der Waals surface area contributed by atoms with Crippen LogP contribution < -0.4 is 5.73 Å². The average Bonchev–Trinajstić information content (AvgIpc) is 2.28. The normalized spacial score (nSPS) is 14.8. The number of benzene rings is 1. The molecule has 2 nitrogen and oxygen atoms in total. The molecule has 3 heteroatoms. The van der Waals surface area contributed by atoms with E-state index in [4.69, 9.17) is 10.5 Å². The second-order valence-corrected chi connectivity index (χ2v) is 5.17. The third-order valence-electron chi connectivity index (χ3n) is 2.95. The summed E-state index contributed by atoms with van der Waals surface area (Å²) in [6, 6.07) is 8.44. The van der Waals surface area contributed by atoms with Crippen molar-refractivity contribution in [3.05, 3.63) is 34.3 Å². The Labute approximate surface area is 106 Å². The predicted octanol–water partition coefficient (Wildman–Crippen LogP) is 2.85. The van der Waals surface area contributed by atoms with Gasteiger partial charge in [-0.25, -0.2) is 0 Å². The van der Waals surface area contributed by atoms with Gasteiger partial charge in [-0.1, -0.05) is 35.0 Å². The Balaban J connectivity index is 2.59. The standard InChI is InChI=1S/C13H20BrNO/c1-10(9-16-2)12(8-15)7-11-3-5-13(14)6-4-11/h3-6,10,12H,7-9,15H2,1-2H3. The van der Waals surface area contributed by atoms with Gasteiger partial charge in [0.15, 0.2) is 0 Å². The van der Waals surface area contributed by atoms with Crippen LogP contribution >= 0.6 is 15.9 Å². The van der Waals surface area contributed by atoms with Crippen molar-refractivity contribution in [3.8, 4) is 0 Å². The van der Waals surface area contributed by atoms with E-state index in [0.717, 1.165) is 17.5 Å². The quantitative estimate of drug-likeness (QED) is 0.872. The number of hydrogen-bond donors (Lipinski definition) is 1. The zero-order valence-corrected chi connectivity index (χ0v) is 11.5. The Kier molecular flexibility index (Phi) is 6.03. The molecule has 2 N–H and O–H groups in total. The van der Waals surface area contributed by atoms with Crippen LogP contribution in [0.3, 0.4) is 0 Å². The van der Waals surface area contributed by atoms with Crippen molar-refractivity contribution in [2.75, 3.05) is 20.3 Å². The minimum atomic E-state index is 0.487. The lowest BCUT2D eigenvalue weighted by Crippen LogP contribution is -2.26. The lowest BCUT2D eigenvalue weighted by Gasteiger charge is -2.21. The fourth-order valence-electron chi connectivity index (χ4n) is 1.84. The van der Waals surface area contributed by atoms with E-state index in [9.17, 15) is 0 Å². The molecule has 0 bridgehead atoms. The molecular formula is C13H20BrNO. The monoisotopic (exact) mass is 285 g/mol. The molecule has 0 amide bonds. The number of halogens is 1. The summed E-state index contributed by atoms with van der Waals surface area (Å²) in [5.74, 6) is 0.986. The summed E-state index contributed by atoms with van der Waals surface area (Å²) < 4.78 is 6.30. The number of nitrogens with two attached hydrogens (primary N) is 1. The molecule has 0 radical (unpaired) electrons. The second-order valence-electron chi connectivity index (χ2n) is 4.26. The van der Waals surface area contributed by atoms with Crippen LogP contribution in [-0.4, -0.2) is 20.3 Å². The minimum Gasteiger partial charge on any atom is -0.384 e. The lowest BCUT2D eigenvalue weighted by atomic mass is 9.88. The van der Waals surface area contributed by atoms with Crippen LogP contribution in [0.1, 0.15) is 12.5 Å². The summed E-state index contributed by atoms with van der Waals surface area (Å²) in [7, 11) is 1.74. The summed E-state index contributed by atoms with van der Waals surface area (Å²) in [5.41, 5.74) is 7.15. The summed E-state index contributed by atoms with van der Waals surface area (Å²) in [6.45, 7) is 3.68. The van der Waals surface area contributed by atoms with Crippen LogP contribution in [0, 0.1) is 11.8 Å². The Hall–Kier alpha value is -0.380. The molecule has 2 atom stereocenters. The van der Waals surface area contributed by atoms with E-state index in [0.29, 0.717) is 18.4 Å². The van der Waals surface area contributed by atoms with Gasteiger partial charge in [-0.15, -0.1) is 0 Å². The molecular weight excluding hydrogens is 266 g/mol. The Morgan fingerprint density at radius 2 is 1.94 bits per heavy atom. The van der Waals surface area contributed by atoms with Gasteiger partial charge in [-0.3, -0.25) is 0 Å². The highest BCUT2D eigenvalue weighted by molar-refractivity contribution is 9.10. The fourth-order valence-corrected chi connectivity index (χ4v) is 2.10. The van der Waals surface area contributed by atoms with Crippen molar-refractivity contribution in [1.82, 2.24) is 0 Å². The first kappa shape index (κ1) is 13.7. The molecule has 0 aliphatic rings. The zero-order valence-electron chi connectivity index (χ0n) is 9.95. The molecule has 90 valence electrons. The largest absolute Gasteiger partial charge is 0.384 e. The molecule has 2 unspecified atom stereocenters. The van der Waals surface area contributed by atoms with E-state index in [1.165, 1.54) is 5.56 Å². The number of rotatable bonds is 6. The van der Waals surface area contributed by atoms with Crippen molar-refractivity contribution in [2.45, 2.75) is 13.3 Å². The second kappa shape index (κ2) is 7.05. The van der Waals surface area contributed by atoms with Crippen molar-refractivity contribution in [3.63, 3.8) is 0 Å². The van der Waals surface area contributed by atoms with Gasteiger partial charge in [0, 0.05) is 18.2 Å². The molecule has 0 saturated heterocycles. The van der Waals surface area contributed by atoms with Crippen molar-refractivity contribution < 1.29 is 4.74 Å². The van der Waals surface area contributed by atoms with Crippen LogP contribution in [-0.2, 0) is 11.2 Å². The van der Waals surface area contributed by atoms with Gasteiger partial charge in [-0.05, 0) is 42.5 Å².